The summed E-state index contributed by atoms with van der Waals surface area (Å²) in [5.41, 5.74) is 1.22. The molecular weight excluding hydrogens is 347 g/mol. The van der Waals surface area contributed by atoms with Crippen molar-refractivity contribution in [2.75, 3.05) is 46.4 Å². The number of benzene rings is 1. The molecule has 1 aliphatic heterocycles. The van der Waals surface area contributed by atoms with Crippen LogP contribution >= 0.6 is 24.8 Å². The Morgan fingerprint density at radius 2 is 1.67 bits per heavy atom. The molecule has 1 saturated heterocycles. The highest BCUT2D eigenvalue weighted by Crippen LogP contribution is 2.30. The van der Waals surface area contributed by atoms with Crippen LogP contribution in [0.2, 0.25) is 0 Å². The van der Waals surface area contributed by atoms with Crippen molar-refractivity contribution in [3.63, 3.8) is 0 Å². The van der Waals surface area contributed by atoms with E-state index in [-0.39, 0.29) is 30.2 Å². The van der Waals surface area contributed by atoms with Crippen molar-refractivity contribution in [2.24, 2.45) is 0 Å². The lowest BCUT2D eigenvalue weighted by Crippen LogP contribution is -2.47. The number of aliphatic hydroxyl groups is 1. The Labute approximate surface area is 159 Å². The van der Waals surface area contributed by atoms with Gasteiger partial charge in [-0.05, 0) is 24.1 Å². The summed E-state index contributed by atoms with van der Waals surface area (Å²) in [5, 5.41) is 10.2. The lowest BCUT2D eigenvalue weighted by atomic mass is 9.86. The van der Waals surface area contributed by atoms with E-state index in [1.54, 1.807) is 0 Å². The van der Waals surface area contributed by atoms with Crippen LogP contribution in [0, 0.1) is 0 Å². The van der Waals surface area contributed by atoms with Gasteiger partial charge in [0.05, 0.1) is 0 Å². The van der Waals surface area contributed by atoms with E-state index in [4.69, 9.17) is 4.74 Å². The molecule has 1 N–H and O–H groups in total. The van der Waals surface area contributed by atoms with Gasteiger partial charge in [0, 0.05) is 32.7 Å². The maximum absolute atomic E-state index is 10.2. The van der Waals surface area contributed by atoms with Gasteiger partial charge in [0.1, 0.15) is 18.5 Å². The summed E-state index contributed by atoms with van der Waals surface area (Å²) in [6.45, 7) is 11.7. The molecule has 2 rings (SSSR count). The van der Waals surface area contributed by atoms with Crippen molar-refractivity contribution < 1.29 is 9.84 Å². The summed E-state index contributed by atoms with van der Waals surface area (Å²) in [7, 11) is 2.14. The molecule has 6 heteroatoms. The maximum atomic E-state index is 10.2. The number of aliphatic hydroxyl groups excluding tert-OH is 1. The van der Waals surface area contributed by atoms with Crippen molar-refractivity contribution in [1.29, 1.82) is 0 Å². The van der Waals surface area contributed by atoms with E-state index in [1.165, 1.54) is 5.56 Å². The summed E-state index contributed by atoms with van der Waals surface area (Å²) in [6.07, 6.45) is -0.448. The molecule has 1 aromatic rings. The predicted octanol–water partition coefficient (Wildman–Crippen LogP) is 2.81. The minimum absolute atomic E-state index is 0. The molecule has 0 spiro atoms. The number of rotatable bonds is 5. The fourth-order valence-electron chi connectivity index (χ4n) is 2.78. The van der Waals surface area contributed by atoms with Crippen LogP contribution in [0.5, 0.6) is 5.75 Å². The minimum Gasteiger partial charge on any atom is -0.491 e. The minimum atomic E-state index is -0.448. The zero-order valence-corrected chi connectivity index (χ0v) is 16.8. The van der Waals surface area contributed by atoms with Crippen LogP contribution < -0.4 is 4.74 Å². The van der Waals surface area contributed by atoms with Gasteiger partial charge >= 0.3 is 0 Å². The molecule has 24 heavy (non-hydrogen) atoms. The molecule has 140 valence electrons. The van der Waals surface area contributed by atoms with Gasteiger partial charge in [-0.1, -0.05) is 39.0 Å². The van der Waals surface area contributed by atoms with Crippen molar-refractivity contribution in [1.82, 2.24) is 9.80 Å². The lowest BCUT2D eigenvalue weighted by molar-refractivity contribution is 0.0500. The number of para-hydroxylation sites is 1. The average Bonchev–Trinajstić information content (AvgIpc) is 2.47. The SMILES string of the molecule is CN1CCN(CC(O)COc2ccccc2C(C)(C)C)CC1.Cl.Cl. The van der Waals surface area contributed by atoms with Gasteiger partial charge < -0.3 is 14.7 Å². The number of likely N-dealkylation sites (N-methyl/N-ethyl adjacent to an activating group) is 1. The van der Waals surface area contributed by atoms with Crippen LogP contribution in [0.1, 0.15) is 26.3 Å². The monoisotopic (exact) mass is 378 g/mol. The average molecular weight is 379 g/mol. The number of halogens is 2. The topological polar surface area (TPSA) is 35.9 Å². The first-order valence-corrected chi connectivity index (χ1v) is 8.17. The van der Waals surface area contributed by atoms with Crippen molar-refractivity contribution >= 4 is 24.8 Å². The lowest BCUT2D eigenvalue weighted by Gasteiger charge is -2.33. The van der Waals surface area contributed by atoms with E-state index in [9.17, 15) is 5.11 Å². The van der Waals surface area contributed by atoms with Gasteiger partial charge in [0.2, 0.25) is 0 Å². The van der Waals surface area contributed by atoms with Crippen LogP contribution in [-0.2, 0) is 5.41 Å². The zero-order chi connectivity index (χ0) is 16.2. The van der Waals surface area contributed by atoms with Crippen LogP contribution in [-0.4, -0.2) is 67.4 Å². The highest BCUT2D eigenvalue weighted by Gasteiger charge is 2.20. The number of hydrogen-bond donors (Lipinski definition) is 1. The maximum Gasteiger partial charge on any atom is 0.123 e. The summed E-state index contributed by atoms with van der Waals surface area (Å²) in [5.74, 6) is 0.882. The van der Waals surface area contributed by atoms with Crippen LogP contribution in [0.3, 0.4) is 0 Å². The normalized spacial score (nSPS) is 17.5. The first-order chi connectivity index (χ1) is 10.4. The van der Waals surface area contributed by atoms with Gasteiger partial charge in [0.15, 0.2) is 0 Å². The largest absolute Gasteiger partial charge is 0.491 e. The van der Waals surface area contributed by atoms with E-state index in [0.29, 0.717) is 13.2 Å². The quantitative estimate of drug-likeness (QED) is 0.854. The smallest absolute Gasteiger partial charge is 0.123 e. The third kappa shape index (κ3) is 7.16. The van der Waals surface area contributed by atoms with Gasteiger partial charge in [-0.2, -0.15) is 0 Å². The van der Waals surface area contributed by atoms with E-state index in [2.05, 4.69) is 43.7 Å². The van der Waals surface area contributed by atoms with Crippen molar-refractivity contribution in [2.45, 2.75) is 32.3 Å². The second-order valence-corrected chi connectivity index (χ2v) is 7.31. The van der Waals surface area contributed by atoms with E-state index >= 15 is 0 Å². The van der Waals surface area contributed by atoms with Crippen LogP contribution in [0.15, 0.2) is 24.3 Å². The Morgan fingerprint density at radius 3 is 2.25 bits per heavy atom. The molecule has 4 nitrogen and oxygen atoms in total. The predicted molar refractivity (Wildman–Crippen MR) is 105 cm³/mol. The molecule has 0 saturated carbocycles. The van der Waals surface area contributed by atoms with E-state index in [0.717, 1.165) is 31.9 Å². The number of nitrogens with zero attached hydrogens (tertiary/aromatic N) is 2. The molecule has 1 atom stereocenters. The Bertz CT molecular complexity index is 472. The summed E-state index contributed by atoms with van der Waals surface area (Å²) >= 11 is 0. The summed E-state index contributed by atoms with van der Waals surface area (Å²) < 4.78 is 5.90. The van der Waals surface area contributed by atoms with Gasteiger partial charge in [-0.3, -0.25) is 4.90 Å². The molecule has 0 amide bonds. The molecule has 0 bridgehead atoms. The molecule has 1 heterocycles. The summed E-state index contributed by atoms with van der Waals surface area (Å²) in [6, 6.07) is 8.11. The third-order valence-corrected chi connectivity index (χ3v) is 4.19. The number of hydrogen-bond acceptors (Lipinski definition) is 4. The second kappa shape index (κ2) is 10.5. The number of piperazine rings is 1. The number of β-amino-alcohol motifs (C(OH)–C–C–N with tert-alkyl or cyclic N) is 1. The molecule has 1 aromatic carbocycles. The molecule has 0 aliphatic carbocycles. The molecule has 1 aliphatic rings. The molecule has 1 fully saturated rings. The van der Waals surface area contributed by atoms with Crippen LogP contribution in [0.25, 0.3) is 0 Å². The third-order valence-electron chi connectivity index (χ3n) is 4.19. The first kappa shape index (κ1) is 23.5. The molecule has 0 radical (unpaired) electrons. The first-order valence-electron chi connectivity index (χ1n) is 8.17. The highest BCUT2D eigenvalue weighted by atomic mass is 35.5. The standard InChI is InChI=1S/C18H30N2O2.2ClH/c1-18(2,3)16-7-5-6-8-17(16)22-14-15(21)13-20-11-9-19(4)10-12-20;;/h5-8,15,21H,9-14H2,1-4H3;2*1H. The second-order valence-electron chi connectivity index (χ2n) is 7.31. The summed E-state index contributed by atoms with van der Waals surface area (Å²) in [4.78, 5) is 4.63. The highest BCUT2D eigenvalue weighted by molar-refractivity contribution is 5.85. The van der Waals surface area contributed by atoms with E-state index < -0.39 is 6.10 Å². The number of ether oxygens (including phenoxy) is 1. The van der Waals surface area contributed by atoms with Crippen molar-refractivity contribution in [3.05, 3.63) is 29.8 Å². The Morgan fingerprint density at radius 1 is 1.08 bits per heavy atom. The fraction of sp³-hybridized carbons (Fsp3) is 0.667. The molecule has 1 unspecified atom stereocenters. The Hall–Kier alpha value is -0.520. The van der Waals surface area contributed by atoms with Crippen LogP contribution in [0.4, 0.5) is 0 Å². The Kier molecular flexibility index (Phi) is 10.2. The Balaban J connectivity index is 0.00000264. The van der Waals surface area contributed by atoms with Gasteiger partial charge in [0.25, 0.3) is 0 Å². The van der Waals surface area contributed by atoms with Crippen molar-refractivity contribution in [3.8, 4) is 5.75 Å². The van der Waals surface area contributed by atoms with Gasteiger partial charge in [-0.25, -0.2) is 0 Å². The van der Waals surface area contributed by atoms with E-state index in [1.807, 2.05) is 18.2 Å². The molecular formula is C18H32Cl2N2O2. The molecule has 0 aromatic heterocycles. The van der Waals surface area contributed by atoms with Gasteiger partial charge in [-0.15, -0.1) is 24.8 Å². The fourth-order valence-corrected chi connectivity index (χ4v) is 2.78. The zero-order valence-electron chi connectivity index (χ0n) is 15.2.